The maximum absolute atomic E-state index is 11.8. The summed E-state index contributed by atoms with van der Waals surface area (Å²) >= 11 is 0. The standard InChI is InChI=1S/C22H46N2O/c1-4-7-8-9-10-11-12-13-14-15-16-17-19-21(18-5-2)24-22(25)23-20-6-3/h21H,4-20H2,1-3H3,(H2,23,24,25). The number of urea groups is 1. The highest BCUT2D eigenvalue weighted by atomic mass is 16.2. The minimum absolute atomic E-state index is 0.0132. The van der Waals surface area contributed by atoms with Crippen LogP contribution in [0.1, 0.15) is 124 Å². The van der Waals surface area contributed by atoms with Gasteiger partial charge in [-0.05, 0) is 19.3 Å². The van der Waals surface area contributed by atoms with Gasteiger partial charge in [0.05, 0.1) is 0 Å². The first-order valence-electron chi connectivity index (χ1n) is 11.3. The smallest absolute Gasteiger partial charge is 0.315 e. The fourth-order valence-corrected chi connectivity index (χ4v) is 3.34. The van der Waals surface area contributed by atoms with Gasteiger partial charge < -0.3 is 10.6 Å². The monoisotopic (exact) mass is 354 g/mol. The van der Waals surface area contributed by atoms with Gasteiger partial charge in [0.1, 0.15) is 0 Å². The maximum atomic E-state index is 11.8. The van der Waals surface area contributed by atoms with Crippen LogP contribution in [0.25, 0.3) is 0 Å². The summed E-state index contributed by atoms with van der Waals surface area (Å²) in [5, 5.41) is 6.06. The zero-order valence-electron chi connectivity index (χ0n) is 17.5. The number of carbonyl (C=O) groups is 1. The number of carbonyl (C=O) groups excluding carboxylic acids is 1. The molecule has 2 N–H and O–H groups in total. The fourth-order valence-electron chi connectivity index (χ4n) is 3.34. The number of nitrogens with one attached hydrogen (secondary N) is 2. The predicted octanol–water partition coefficient (Wildman–Crippen LogP) is 6.96. The van der Waals surface area contributed by atoms with Crippen molar-refractivity contribution in [2.24, 2.45) is 0 Å². The molecule has 0 radical (unpaired) electrons. The van der Waals surface area contributed by atoms with E-state index in [9.17, 15) is 4.79 Å². The number of amides is 2. The summed E-state index contributed by atoms with van der Waals surface area (Å²) in [6.07, 6.45) is 21.0. The number of rotatable bonds is 18. The van der Waals surface area contributed by atoms with Gasteiger partial charge in [0, 0.05) is 12.6 Å². The second-order valence-electron chi connectivity index (χ2n) is 7.56. The SMILES string of the molecule is CCCCCCCCCCCCCCC(CCC)NC(=O)NCCC. The first-order chi connectivity index (χ1) is 12.2. The van der Waals surface area contributed by atoms with Crippen molar-refractivity contribution in [1.82, 2.24) is 10.6 Å². The molecule has 1 atom stereocenters. The molecule has 0 aromatic carbocycles. The van der Waals surface area contributed by atoms with E-state index < -0.39 is 0 Å². The molecule has 0 heterocycles. The van der Waals surface area contributed by atoms with Gasteiger partial charge in [-0.25, -0.2) is 4.79 Å². The number of hydrogen-bond acceptors (Lipinski definition) is 1. The van der Waals surface area contributed by atoms with E-state index in [0.717, 1.165) is 32.2 Å². The average Bonchev–Trinajstić information content (AvgIpc) is 2.61. The third-order valence-corrected chi connectivity index (χ3v) is 4.91. The zero-order chi connectivity index (χ0) is 18.6. The van der Waals surface area contributed by atoms with Crippen LogP contribution in [0.15, 0.2) is 0 Å². The van der Waals surface area contributed by atoms with Crippen LogP contribution < -0.4 is 10.6 Å². The second kappa shape index (κ2) is 19.6. The molecule has 0 spiro atoms. The van der Waals surface area contributed by atoms with Crippen LogP contribution in [0, 0.1) is 0 Å². The summed E-state index contributed by atoms with van der Waals surface area (Å²) in [6.45, 7) is 7.32. The molecule has 0 aromatic heterocycles. The van der Waals surface area contributed by atoms with Gasteiger partial charge in [0.2, 0.25) is 0 Å². The maximum Gasteiger partial charge on any atom is 0.315 e. The van der Waals surface area contributed by atoms with Crippen molar-refractivity contribution in [1.29, 1.82) is 0 Å². The van der Waals surface area contributed by atoms with Gasteiger partial charge in [-0.15, -0.1) is 0 Å². The van der Waals surface area contributed by atoms with E-state index in [1.807, 2.05) is 0 Å². The molecule has 0 aromatic rings. The Balaban J connectivity index is 3.48. The molecule has 0 fully saturated rings. The Morgan fingerprint density at radius 1 is 0.640 bits per heavy atom. The van der Waals surface area contributed by atoms with Crippen LogP contribution in [-0.4, -0.2) is 18.6 Å². The minimum atomic E-state index is 0.0132. The molecule has 0 rings (SSSR count). The molecule has 1 unspecified atom stereocenters. The lowest BCUT2D eigenvalue weighted by molar-refractivity contribution is 0.235. The third-order valence-electron chi connectivity index (χ3n) is 4.91. The summed E-state index contributed by atoms with van der Waals surface area (Å²) in [4.78, 5) is 11.8. The Hall–Kier alpha value is -0.730. The van der Waals surface area contributed by atoms with E-state index in [-0.39, 0.29) is 6.03 Å². The summed E-state index contributed by atoms with van der Waals surface area (Å²) in [5.41, 5.74) is 0. The first-order valence-corrected chi connectivity index (χ1v) is 11.3. The van der Waals surface area contributed by atoms with Crippen molar-refractivity contribution >= 4 is 6.03 Å². The molecule has 0 aliphatic rings. The summed E-state index contributed by atoms with van der Waals surface area (Å²) in [7, 11) is 0. The van der Waals surface area contributed by atoms with Crippen molar-refractivity contribution in [2.45, 2.75) is 130 Å². The largest absolute Gasteiger partial charge is 0.338 e. The van der Waals surface area contributed by atoms with Crippen LogP contribution in [0.2, 0.25) is 0 Å². The van der Waals surface area contributed by atoms with Gasteiger partial charge in [0.15, 0.2) is 0 Å². The zero-order valence-corrected chi connectivity index (χ0v) is 17.5. The molecular formula is C22H46N2O. The van der Waals surface area contributed by atoms with Gasteiger partial charge in [-0.3, -0.25) is 0 Å². The molecule has 0 saturated carbocycles. The molecule has 3 heteroatoms. The van der Waals surface area contributed by atoms with Crippen molar-refractivity contribution < 1.29 is 4.79 Å². The molecular weight excluding hydrogens is 308 g/mol. The summed E-state index contributed by atoms with van der Waals surface area (Å²) < 4.78 is 0. The Bertz CT molecular complexity index is 281. The van der Waals surface area contributed by atoms with E-state index in [4.69, 9.17) is 0 Å². The Morgan fingerprint density at radius 3 is 1.64 bits per heavy atom. The predicted molar refractivity (Wildman–Crippen MR) is 111 cm³/mol. The van der Waals surface area contributed by atoms with Crippen molar-refractivity contribution in [2.75, 3.05) is 6.54 Å². The average molecular weight is 355 g/mol. The number of unbranched alkanes of at least 4 members (excludes halogenated alkanes) is 11. The van der Waals surface area contributed by atoms with Gasteiger partial charge in [0.25, 0.3) is 0 Å². The van der Waals surface area contributed by atoms with E-state index in [1.165, 1.54) is 77.0 Å². The van der Waals surface area contributed by atoms with Crippen molar-refractivity contribution in [3.05, 3.63) is 0 Å². The third kappa shape index (κ3) is 17.9. The van der Waals surface area contributed by atoms with Crippen LogP contribution in [0.4, 0.5) is 4.79 Å². The summed E-state index contributed by atoms with van der Waals surface area (Å²) in [6, 6.07) is 0.365. The highest BCUT2D eigenvalue weighted by molar-refractivity contribution is 5.74. The van der Waals surface area contributed by atoms with E-state index in [2.05, 4.69) is 31.4 Å². The van der Waals surface area contributed by atoms with E-state index >= 15 is 0 Å². The lowest BCUT2D eigenvalue weighted by Gasteiger charge is -2.18. The topological polar surface area (TPSA) is 41.1 Å². The molecule has 0 saturated heterocycles. The number of hydrogen-bond donors (Lipinski definition) is 2. The molecule has 150 valence electrons. The highest BCUT2D eigenvalue weighted by Gasteiger charge is 2.10. The highest BCUT2D eigenvalue weighted by Crippen LogP contribution is 2.14. The Morgan fingerprint density at radius 2 is 1.16 bits per heavy atom. The van der Waals surface area contributed by atoms with Crippen LogP contribution in [0.3, 0.4) is 0 Å². The van der Waals surface area contributed by atoms with Crippen molar-refractivity contribution in [3.63, 3.8) is 0 Å². The van der Waals surface area contributed by atoms with Gasteiger partial charge in [-0.1, -0.05) is 104 Å². The van der Waals surface area contributed by atoms with E-state index in [1.54, 1.807) is 0 Å². The van der Waals surface area contributed by atoms with Crippen LogP contribution in [-0.2, 0) is 0 Å². The minimum Gasteiger partial charge on any atom is -0.338 e. The first kappa shape index (κ1) is 24.3. The van der Waals surface area contributed by atoms with Gasteiger partial charge in [-0.2, -0.15) is 0 Å². The molecule has 3 nitrogen and oxygen atoms in total. The van der Waals surface area contributed by atoms with E-state index in [0.29, 0.717) is 6.04 Å². The Kier molecular flexibility index (Phi) is 19.0. The second-order valence-corrected chi connectivity index (χ2v) is 7.56. The molecule has 2 amide bonds. The Labute approximate surface area is 158 Å². The van der Waals surface area contributed by atoms with Crippen molar-refractivity contribution in [3.8, 4) is 0 Å². The lowest BCUT2D eigenvalue weighted by atomic mass is 10.0. The molecule has 0 aliphatic heterocycles. The molecule has 0 bridgehead atoms. The lowest BCUT2D eigenvalue weighted by Crippen LogP contribution is -2.42. The molecule has 25 heavy (non-hydrogen) atoms. The van der Waals surface area contributed by atoms with Crippen LogP contribution >= 0.6 is 0 Å². The normalized spacial score (nSPS) is 12.1. The fraction of sp³-hybridized carbons (Fsp3) is 0.955. The van der Waals surface area contributed by atoms with Crippen LogP contribution in [0.5, 0.6) is 0 Å². The quantitative estimate of drug-likeness (QED) is 0.257. The van der Waals surface area contributed by atoms with Gasteiger partial charge >= 0.3 is 6.03 Å². The summed E-state index contributed by atoms with van der Waals surface area (Å²) in [5.74, 6) is 0. The molecule has 0 aliphatic carbocycles.